The number of amides is 1. The van der Waals surface area contributed by atoms with E-state index in [1.165, 1.54) is 11.4 Å². The minimum Gasteiger partial charge on any atom is -0.497 e. The van der Waals surface area contributed by atoms with Crippen LogP contribution in [0.2, 0.25) is 0 Å². The Bertz CT molecular complexity index is 1120. The van der Waals surface area contributed by atoms with Crippen LogP contribution in [0.3, 0.4) is 0 Å². The Kier molecular flexibility index (Phi) is 5.72. The molecule has 1 N–H and O–H groups in total. The van der Waals surface area contributed by atoms with Crippen LogP contribution in [0.15, 0.2) is 48.5 Å². The first-order valence-corrected chi connectivity index (χ1v) is 11.6. The summed E-state index contributed by atoms with van der Waals surface area (Å²) in [6.45, 7) is 2.03. The SMILES string of the molecule is CCOC(=O)COc1ccc(NC(=O)[C@]23C[C@@H]2CN(c2ccc(OC)cc2)S3(=O)=O)cc1. The zero-order chi connectivity index (χ0) is 22.9. The second kappa shape index (κ2) is 8.34. The lowest BCUT2D eigenvalue weighted by atomic mass is 10.2. The van der Waals surface area contributed by atoms with E-state index in [1.54, 1.807) is 55.5 Å². The number of nitrogens with one attached hydrogen (secondary N) is 1. The maximum absolute atomic E-state index is 13.3. The topological polar surface area (TPSA) is 111 Å². The van der Waals surface area contributed by atoms with Gasteiger partial charge >= 0.3 is 5.97 Å². The maximum Gasteiger partial charge on any atom is 0.344 e. The first-order valence-electron chi connectivity index (χ1n) is 10.2. The summed E-state index contributed by atoms with van der Waals surface area (Å²) in [6.07, 6.45) is 0.300. The summed E-state index contributed by atoms with van der Waals surface area (Å²) in [5, 5.41) is 2.71. The molecule has 0 aromatic heterocycles. The quantitative estimate of drug-likeness (QED) is 0.601. The molecule has 4 rings (SSSR count). The number of hydrogen-bond acceptors (Lipinski definition) is 7. The van der Waals surface area contributed by atoms with Gasteiger partial charge in [-0.1, -0.05) is 0 Å². The molecular formula is C22H24N2O7S. The number of carbonyl (C=O) groups excluding carboxylic acids is 2. The molecule has 1 amide bonds. The molecule has 0 unspecified atom stereocenters. The number of anilines is 2. The van der Waals surface area contributed by atoms with Crippen molar-refractivity contribution in [2.75, 3.05) is 36.5 Å². The summed E-state index contributed by atoms with van der Waals surface area (Å²) >= 11 is 0. The van der Waals surface area contributed by atoms with Gasteiger partial charge in [0.15, 0.2) is 11.4 Å². The molecule has 1 aliphatic carbocycles. The molecule has 2 aromatic carbocycles. The number of esters is 1. The zero-order valence-corrected chi connectivity index (χ0v) is 18.6. The Labute approximate surface area is 186 Å². The van der Waals surface area contributed by atoms with Crippen LogP contribution in [0, 0.1) is 5.92 Å². The van der Waals surface area contributed by atoms with Crippen LogP contribution in [-0.4, -0.2) is 51.9 Å². The summed E-state index contributed by atoms with van der Waals surface area (Å²) < 4.78 is 41.6. The van der Waals surface area contributed by atoms with Crippen molar-refractivity contribution in [2.24, 2.45) is 5.92 Å². The monoisotopic (exact) mass is 460 g/mol. The summed E-state index contributed by atoms with van der Waals surface area (Å²) in [5.74, 6) is -0.229. The number of hydrogen-bond donors (Lipinski definition) is 1. The van der Waals surface area contributed by atoms with E-state index in [9.17, 15) is 18.0 Å². The van der Waals surface area contributed by atoms with Crippen LogP contribution in [0.4, 0.5) is 11.4 Å². The molecule has 1 saturated heterocycles. The van der Waals surface area contributed by atoms with E-state index in [2.05, 4.69) is 5.32 Å². The third-order valence-corrected chi connectivity index (χ3v) is 8.25. The number of ether oxygens (including phenoxy) is 3. The zero-order valence-electron chi connectivity index (χ0n) is 17.7. The molecule has 10 heteroatoms. The van der Waals surface area contributed by atoms with Crippen LogP contribution >= 0.6 is 0 Å². The fraction of sp³-hybridized carbons (Fsp3) is 0.364. The molecule has 1 aliphatic heterocycles. The van der Waals surface area contributed by atoms with E-state index < -0.39 is 26.6 Å². The average Bonchev–Trinajstić information content (AvgIpc) is 3.48. The molecule has 2 aliphatic rings. The van der Waals surface area contributed by atoms with Crippen molar-refractivity contribution in [1.29, 1.82) is 0 Å². The van der Waals surface area contributed by atoms with Crippen LogP contribution in [0.25, 0.3) is 0 Å². The van der Waals surface area contributed by atoms with E-state index in [4.69, 9.17) is 14.2 Å². The van der Waals surface area contributed by atoms with Crippen molar-refractivity contribution in [1.82, 2.24) is 0 Å². The van der Waals surface area contributed by atoms with Crippen molar-refractivity contribution in [3.8, 4) is 11.5 Å². The molecule has 2 fully saturated rings. The summed E-state index contributed by atoms with van der Waals surface area (Å²) in [4.78, 5) is 24.4. The summed E-state index contributed by atoms with van der Waals surface area (Å²) in [5.41, 5.74) is 0.949. The highest BCUT2D eigenvalue weighted by atomic mass is 32.2. The lowest BCUT2D eigenvalue weighted by molar-refractivity contribution is -0.145. The number of rotatable bonds is 8. The van der Waals surface area contributed by atoms with Gasteiger partial charge in [-0.05, 0) is 61.9 Å². The highest BCUT2D eigenvalue weighted by Crippen LogP contribution is 2.58. The Morgan fingerprint density at radius 2 is 1.75 bits per heavy atom. The Morgan fingerprint density at radius 1 is 1.09 bits per heavy atom. The van der Waals surface area contributed by atoms with Crippen molar-refractivity contribution in [3.63, 3.8) is 0 Å². The fourth-order valence-corrected chi connectivity index (χ4v) is 6.30. The number of carbonyl (C=O) groups is 2. The molecule has 9 nitrogen and oxygen atoms in total. The normalized spacial score (nSPS) is 22.6. The molecule has 0 bridgehead atoms. The molecular weight excluding hydrogens is 436 g/mol. The lowest BCUT2D eigenvalue weighted by Crippen LogP contribution is -2.42. The first-order chi connectivity index (χ1) is 15.3. The van der Waals surface area contributed by atoms with Crippen molar-refractivity contribution < 1.29 is 32.2 Å². The van der Waals surface area contributed by atoms with Gasteiger partial charge in [0.05, 0.1) is 19.4 Å². The molecule has 0 spiro atoms. The predicted molar refractivity (Wildman–Crippen MR) is 117 cm³/mol. The summed E-state index contributed by atoms with van der Waals surface area (Å²) in [7, 11) is -2.34. The number of fused-ring (bicyclic) bond motifs is 1. The van der Waals surface area contributed by atoms with Crippen molar-refractivity contribution in [3.05, 3.63) is 48.5 Å². The average molecular weight is 461 g/mol. The Balaban J connectivity index is 1.43. The second-order valence-electron chi connectivity index (χ2n) is 7.60. The van der Waals surface area contributed by atoms with Crippen LogP contribution < -0.4 is 19.1 Å². The van der Waals surface area contributed by atoms with Gasteiger partial charge in [0.2, 0.25) is 15.9 Å². The highest BCUT2D eigenvalue weighted by molar-refractivity contribution is 7.95. The van der Waals surface area contributed by atoms with Crippen molar-refractivity contribution >= 4 is 33.3 Å². The molecule has 2 atom stereocenters. The first kappa shape index (κ1) is 21.9. The van der Waals surface area contributed by atoms with E-state index in [1.807, 2.05) is 0 Å². The Hall–Kier alpha value is -3.27. The molecule has 2 aromatic rings. The molecule has 1 saturated carbocycles. The van der Waals surface area contributed by atoms with Gasteiger partial charge in [-0.3, -0.25) is 9.10 Å². The smallest absolute Gasteiger partial charge is 0.344 e. The van der Waals surface area contributed by atoms with E-state index in [0.717, 1.165) is 0 Å². The number of methoxy groups -OCH3 is 1. The lowest BCUT2D eigenvalue weighted by Gasteiger charge is -2.23. The van der Waals surface area contributed by atoms with E-state index >= 15 is 0 Å². The van der Waals surface area contributed by atoms with Gasteiger partial charge in [0.1, 0.15) is 11.5 Å². The summed E-state index contributed by atoms with van der Waals surface area (Å²) in [6, 6.07) is 13.1. The van der Waals surface area contributed by atoms with Gasteiger partial charge in [-0.25, -0.2) is 13.2 Å². The standard InChI is InChI=1S/C22H24N2O7S/c1-3-30-20(25)14-31-19-8-4-16(5-9-19)23-21(26)22-12-15(22)13-24(32(22,27)28)17-6-10-18(29-2)11-7-17/h4-11,15H,3,12-14H2,1-2H3,(H,23,26)/t15-,22+/m1/s1. The Morgan fingerprint density at radius 3 is 2.38 bits per heavy atom. The van der Waals surface area contributed by atoms with Gasteiger partial charge < -0.3 is 19.5 Å². The molecule has 0 radical (unpaired) electrons. The van der Waals surface area contributed by atoms with Crippen LogP contribution in [-0.2, 0) is 24.3 Å². The predicted octanol–water partition coefficient (Wildman–Crippen LogP) is 2.18. The fourth-order valence-electron chi connectivity index (χ4n) is 3.93. The highest BCUT2D eigenvalue weighted by Gasteiger charge is 2.75. The van der Waals surface area contributed by atoms with Gasteiger partial charge in [0, 0.05) is 18.2 Å². The minimum atomic E-state index is -3.87. The third kappa shape index (κ3) is 3.75. The van der Waals surface area contributed by atoms with Crippen molar-refractivity contribution in [2.45, 2.75) is 18.1 Å². The minimum absolute atomic E-state index is 0.218. The van der Waals surface area contributed by atoms with Crippen LogP contribution in [0.5, 0.6) is 11.5 Å². The largest absolute Gasteiger partial charge is 0.497 e. The maximum atomic E-state index is 13.3. The van der Waals surface area contributed by atoms with Gasteiger partial charge in [-0.2, -0.15) is 0 Å². The van der Waals surface area contributed by atoms with Gasteiger partial charge in [0.25, 0.3) is 0 Å². The number of sulfonamides is 1. The van der Waals surface area contributed by atoms with Gasteiger partial charge in [-0.15, -0.1) is 0 Å². The second-order valence-corrected chi connectivity index (χ2v) is 9.72. The van der Waals surface area contributed by atoms with E-state index in [-0.39, 0.29) is 25.7 Å². The van der Waals surface area contributed by atoms with Crippen LogP contribution in [0.1, 0.15) is 13.3 Å². The molecule has 1 heterocycles. The number of nitrogens with zero attached hydrogens (tertiary/aromatic N) is 1. The number of benzene rings is 2. The molecule has 170 valence electrons. The van der Waals surface area contributed by atoms with E-state index in [0.29, 0.717) is 29.3 Å². The third-order valence-electron chi connectivity index (χ3n) is 5.70. The molecule has 32 heavy (non-hydrogen) atoms.